The van der Waals surface area contributed by atoms with Crippen LogP contribution in [0.2, 0.25) is 0 Å². The van der Waals surface area contributed by atoms with Crippen LogP contribution in [0.3, 0.4) is 0 Å². The Balaban J connectivity index is 1.05. The molecular weight excluding hydrogens is 821 g/mol. The van der Waals surface area contributed by atoms with Crippen molar-refractivity contribution >= 4 is 0 Å². The molecule has 3 aliphatic heterocycles. The number of hydrogen-bond donors (Lipinski definition) is 10. The Kier molecular flexibility index (Phi) is 13.1. The molecule has 3 saturated heterocycles. The minimum Gasteiger partial charge on any atom is -0.396 e. The van der Waals surface area contributed by atoms with Crippen molar-refractivity contribution in [3.63, 3.8) is 0 Å². The average Bonchev–Trinajstić information content (AvgIpc) is 3.23. The molecule has 0 aromatic carbocycles. The van der Waals surface area contributed by atoms with Crippen LogP contribution in [0.4, 0.5) is 0 Å². The molecule has 0 bridgehead atoms. The summed E-state index contributed by atoms with van der Waals surface area (Å²) >= 11 is 0. The van der Waals surface area contributed by atoms with Gasteiger partial charge < -0.3 is 79.5 Å². The van der Waals surface area contributed by atoms with Gasteiger partial charge in [0.2, 0.25) is 0 Å². The summed E-state index contributed by atoms with van der Waals surface area (Å²) in [6.07, 6.45) is -11.8. The first kappa shape index (κ1) is 48.6. The molecule has 63 heavy (non-hydrogen) atoms. The van der Waals surface area contributed by atoms with Crippen LogP contribution in [0.5, 0.6) is 0 Å². The smallest absolute Gasteiger partial charge is 0.187 e. The van der Waals surface area contributed by atoms with E-state index >= 15 is 0 Å². The molecule has 362 valence electrons. The van der Waals surface area contributed by atoms with Crippen molar-refractivity contribution in [2.24, 2.45) is 50.2 Å². The number of aliphatic hydroxyl groups is 10. The van der Waals surface area contributed by atoms with Gasteiger partial charge in [-0.3, -0.25) is 0 Å². The topological polar surface area (TPSA) is 258 Å². The summed E-state index contributed by atoms with van der Waals surface area (Å²) in [4.78, 5) is 0. The van der Waals surface area contributed by atoms with Gasteiger partial charge in [-0.25, -0.2) is 0 Å². The fourth-order valence-electron chi connectivity index (χ4n) is 14.8. The van der Waals surface area contributed by atoms with Gasteiger partial charge >= 0.3 is 0 Å². The zero-order valence-corrected chi connectivity index (χ0v) is 38.5. The fraction of sp³-hybridized carbons (Fsp3) is 0.957. The van der Waals surface area contributed by atoms with Crippen LogP contribution in [-0.2, 0) is 28.4 Å². The molecule has 5 aliphatic carbocycles. The summed E-state index contributed by atoms with van der Waals surface area (Å²) in [5.41, 5.74) is 0.394. The maximum atomic E-state index is 11.6. The Morgan fingerprint density at radius 1 is 0.651 bits per heavy atom. The van der Waals surface area contributed by atoms with Crippen molar-refractivity contribution in [1.82, 2.24) is 0 Å². The monoisotopic (exact) mass is 899 g/mol. The maximum absolute atomic E-state index is 11.6. The normalized spacial score (nSPS) is 56.9. The molecule has 4 saturated carbocycles. The van der Waals surface area contributed by atoms with Crippen LogP contribution in [0.15, 0.2) is 11.6 Å². The first-order valence-electron chi connectivity index (χ1n) is 23.7. The minimum atomic E-state index is -1.76. The first-order valence-corrected chi connectivity index (χ1v) is 23.7. The number of aliphatic hydroxyl groups excluding tert-OH is 10. The molecule has 0 spiro atoms. The largest absolute Gasteiger partial charge is 0.396 e. The van der Waals surface area contributed by atoms with E-state index in [1.165, 1.54) is 12.5 Å². The molecule has 0 radical (unpaired) electrons. The third kappa shape index (κ3) is 7.55. The van der Waals surface area contributed by atoms with E-state index in [-0.39, 0.29) is 45.7 Å². The van der Waals surface area contributed by atoms with Crippen LogP contribution in [0, 0.1) is 50.2 Å². The van der Waals surface area contributed by atoms with E-state index in [0.29, 0.717) is 18.3 Å². The van der Waals surface area contributed by atoms with E-state index in [1.54, 1.807) is 0 Å². The van der Waals surface area contributed by atoms with Crippen LogP contribution in [-0.4, -0.2) is 169 Å². The zero-order valence-electron chi connectivity index (χ0n) is 38.5. The number of ether oxygens (including phenoxy) is 6. The second-order valence-electron chi connectivity index (χ2n) is 23.1. The van der Waals surface area contributed by atoms with E-state index in [0.717, 1.165) is 51.4 Å². The summed E-state index contributed by atoms with van der Waals surface area (Å²) < 4.78 is 36.6. The quantitative estimate of drug-likeness (QED) is 0.122. The highest BCUT2D eigenvalue weighted by Gasteiger charge is 2.70. The third-order valence-electron chi connectivity index (χ3n) is 19.1. The second-order valence-corrected chi connectivity index (χ2v) is 23.1. The van der Waals surface area contributed by atoms with Crippen molar-refractivity contribution in [3.8, 4) is 0 Å². The van der Waals surface area contributed by atoms with E-state index in [2.05, 4.69) is 47.6 Å². The lowest BCUT2D eigenvalue weighted by Crippen LogP contribution is -2.67. The van der Waals surface area contributed by atoms with E-state index in [9.17, 15) is 51.1 Å². The van der Waals surface area contributed by atoms with E-state index in [1.807, 2.05) is 6.92 Å². The van der Waals surface area contributed by atoms with Gasteiger partial charge in [-0.2, -0.15) is 0 Å². The lowest BCUT2D eigenvalue weighted by Gasteiger charge is -2.72. The molecule has 10 N–H and O–H groups in total. The number of fused-ring (bicyclic) bond motifs is 7. The standard InChI is InChI=1S/C47H78O16/c1-22-31(52)34(55)36(57)39(59-22)62-37-32(53)25(50)20-58-40(37)63-38-35(56)33(54)26(19-48)60-41(38)61-30-12-13-44(5)27(45(30,6)21-49)11-14-47(8)28(44)10-9-23-24-17-42(2,3)18-29(51)43(24,4)15-16-46(23,47)7/h9,22,24-41,48-57H,10-21H2,1-8H3. The Labute approximate surface area is 371 Å². The maximum Gasteiger partial charge on any atom is 0.187 e. The van der Waals surface area contributed by atoms with Gasteiger partial charge in [-0.15, -0.1) is 0 Å². The molecule has 16 nitrogen and oxygen atoms in total. The Morgan fingerprint density at radius 2 is 1.33 bits per heavy atom. The Bertz CT molecular complexity index is 1680. The van der Waals surface area contributed by atoms with E-state index < -0.39 is 111 Å². The van der Waals surface area contributed by atoms with Gasteiger partial charge in [0.05, 0.1) is 38.1 Å². The summed E-state index contributed by atoms with van der Waals surface area (Å²) in [5.74, 6) is 0.657. The van der Waals surface area contributed by atoms with Crippen LogP contribution in [0.1, 0.15) is 113 Å². The van der Waals surface area contributed by atoms with Crippen molar-refractivity contribution in [1.29, 1.82) is 0 Å². The van der Waals surface area contributed by atoms with Gasteiger partial charge in [0.15, 0.2) is 18.9 Å². The van der Waals surface area contributed by atoms with Gasteiger partial charge in [0, 0.05) is 10.8 Å². The molecule has 3 heterocycles. The van der Waals surface area contributed by atoms with Crippen molar-refractivity contribution in [3.05, 3.63) is 11.6 Å². The van der Waals surface area contributed by atoms with Gasteiger partial charge in [-0.05, 0) is 104 Å². The molecule has 16 heteroatoms. The average molecular weight is 899 g/mol. The molecule has 0 aromatic rings. The molecule has 24 atom stereocenters. The van der Waals surface area contributed by atoms with E-state index in [4.69, 9.17) is 28.4 Å². The van der Waals surface area contributed by atoms with Gasteiger partial charge in [0.1, 0.15) is 61.0 Å². The first-order chi connectivity index (χ1) is 29.4. The SMILES string of the molecule is CC1OC(OC2C(OC3C(OC4CCC5(C)C(CCC6(C)C5CC=C5C7CC(C)(C)CC(O)C7(C)CCC56C)C4(C)CO)OC(CO)C(O)C3O)OCC(O)C2O)C(O)C(O)C1O. The highest BCUT2D eigenvalue weighted by atomic mass is 16.8. The number of allylic oxidation sites excluding steroid dienone is 2. The molecule has 7 fully saturated rings. The van der Waals surface area contributed by atoms with Crippen molar-refractivity contribution in [2.45, 2.75) is 211 Å². The summed E-state index contributed by atoms with van der Waals surface area (Å²) in [7, 11) is 0. The lowest BCUT2D eigenvalue weighted by molar-refractivity contribution is -0.389. The Morgan fingerprint density at radius 3 is 2.02 bits per heavy atom. The van der Waals surface area contributed by atoms with Crippen molar-refractivity contribution < 1.29 is 79.5 Å². The molecule has 24 unspecified atom stereocenters. The highest BCUT2D eigenvalue weighted by molar-refractivity contribution is 5.34. The second kappa shape index (κ2) is 17.0. The molecule has 8 rings (SSSR count). The minimum absolute atomic E-state index is 0.0222. The van der Waals surface area contributed by atoms with Crippen molar-refractivity contribution in [2.75, 3.05) is 19.8 Å². The van der Waals surface area contributed by atoms with Crippen LogP contribution < -0.4 is 0 Å². The van der Waals surface area contributed by atoms with Gasteiger partial charge in [0.25, 0.3) is 0 Å². The number of hydrogen-bond acceptors (Lipinski definition) is 16. The number of rotatable bonds is 8. The molecule has 0 aromatic heterocycles. The molecule has 0 amide bonds. The third-order valence-corrected chi connectivity index (χ3v) is 19.1. The van der Waals surface area contributed by atoms with Crippen LogP contribution in [0.25, 0.3) is 0 Å². The fourth-order valence-corrected chi connectivity index (χ4v) is 14.8. The summed E-state index contributed by atoms with van der Waals surface area (Å²) in [6.45, 7) is 16.5. The Hall–Kier alpha value is -0.900. The predicted molar refractivity (Wildman–Crippen MR) is 224 cm³/mol. The van der Waals surface area contributed by atoms with Gasteiger partial charge in [-0.1, -0.05) is 60.1 Å². The zero-order chi connectivity index (χ0) is 46.0. The summed E-state index contributed by atoms with van der Waals surface area (Å²) in [6, 6.07) is 0. The molecular formula is C47H78O16. The van der Waals surface area contributed by atoms with Crippen LogP contribution >= 0.6 is 0 Å². The predicted octanol–water partition coefficient (Wildman–Crippen LogP) is 1.25. The summed E-state index contributed by atoms with van der Waals surface area (Å²) in [5, 5.41) is 109. The lowest BCUT2D eigenvalue weighted by atomic mass is 9.33. The highest BCUT2D eigenvalue weighted by Crippen LogP contribution is 2.76. The molecule has 8 aliphatic rings.